The van der Waals surface area contributed by atoms with Crippen LogP contribution in [0.15, 0.2) is 48.5 Å². The molecule has 3 atom stereocenters. The van der Waals surface area contributed by atoms with Crippen LogP contribution in [-0.2, 0) is 51.3 Å². The Hall–Kier alpha value is -6.27. The van der Waals surface area contributed by atoms with Crippen molar-refractivity contribution in [1.29, 1.82) is 0 Å². The zero-order valence-electron chi connectivity index (χ0n) is 42.5. The van der Waals surface area contributed by atoms with Crippen LogP contribution in [0.25, 0.3) is 0 Å². The Labute approximate surface area is 460 Å². The molecule has 1 aliphatic carbocycles. The molecule has 0 aliphatic heterocycles. The molecule has 25 nitrogen and oxygen atoms in total. The Bertz CT molecular complexity index is 2260. The number of nitrogens with one attached hydrogen (secondary N) is 6. The number of amides is 7. The van der Waals surface area contributed by atoms with Crippen LogP contribution in [0.1, 0.15) is 68.9 Å². The molecule has 0 heterocycles. The molecular formula is C49H74IN13O12S. The molecule has 76 heavy (non-hydrogen) atoms. The lowest BCUT2D eigenvalue weighted by atomic mass is 9.81. The van der Waals surface area contributed by atoms with Gasteiger partial charge in [0.25, 0.3) is 0 Å². The largest absolute Gasteiger partial charge is 0.481 e. The number of hydrogen-bond donors (Lipinski definition) is 13. The Morgan fingerprint density at radius 3 is 1.86 bits per heavy atom. The number of thiocarbonyl (C=S) groups is 1. The van der Waals surface area contributed by atoms with E-state index in [-0.39, 0.29) is 69.4 Å². The average Bonchev–Trinajstić information content (AvgIpc) is 3.35. The number of halogens is 1. The van der Waals surface area contributed by atoms with Gasteiger partial charge in [0.15, 0.2) is 5.11 Å². The molecule has 420 valence electrons. The monoisotopic (exact) mass is 1200 g/mol. The van der Waals surface area contributed by atoms with E-state index in [1.165, 1.54) is 0 Å². The van der Waals surface area contributed by atoms with Crippen LogP contribution in [0, 0.1) is 15.4 Å². The summed E-state index contributed by atoms with van der Waals surface area (Å²) in [7, 11) is 0. The Kier molecular flexibility index (Phi) is 29.0. The van der Waals surface area contributed by atoms with Gasteiger partial charge >= 0.3 is 23.9 Å². The summed E-state index contributed by atoms with van der Waals surface area (Å²) in [4.78, 5) is 113. The molecule has 7 amide bonds. The van der Waals surface area contributed by atoms with Gasteiger partial charge < -0.3 is 75.1 Å². The third-order valence-electron chi connectivity index (χ3n) is 12.6. The molecular weight excluding hydrogens is 1120 g/mol. The van der Waals surface area contributed by atoms with Gasteiger partial charge in [0.1, 0.15) is 12.1 Å². The second-order valence-corrected chi connectivity index (χ2v) is 20.4. The number of nitrogens with two attached hydrogens (primary N) is 4. The fraction of sp³-hybridized carbons (Fsp3) is 0.551. The summed E-state index contributed by atoms with van der Waals surface area (Å²) in [5.41, 5.74) is 24.3. The highest BCUT2D eigenvalue weighted by molar-refractivity contribution is 14.1. The lowest BCUT2D eigenvalue weighted by Gasteiger charge is -2.33. The molecule has 1 saturated carbocycles. The summed E-state index contributed by atoms with van der Waals surface area (Å²) in [6.45, 7) is 2.64. The highest BCUT2D eigenvalue weighted by atomic mass is 127. The van der Waals surface area contributed by atoms with Crippen molar-refractivity contribution in [1.82, 2.24) is 41.3 Å². The number of nitrogens with zero attached hydrogens (tertiary/aromatic N) is 3. The number of aliphatic carboxylic acids is 3. The van der Waals surface area contributed by atoms with Gasteiger partial charge in [-0.05, 0) is 134 Å². The highest BCUT2D eigenvalue weighted by Gasteiger charge is 2.31. The molecule has 3 rings (SSSR count). The van der Waals surface area contributed by atoms with Crippen LogP contribution >= 0.6 is 34.8 Å². The van der Waals surface area contributed by atoms with Crippen LogP contribution in [0.5, 0.6) is 0 Å². The minimum absolute atomic E-state index is 0.00238. The zero-order chi connectivity index (χ0) is 56.2. The molecule has 2 aromatic carbocycles. The van der Waals surface area contributed by atoms with Crippen molar-refractivity contribution in [2.24, 2.45) is 34.8 Å². The van der Waals surface area contributed by atoms with E-state index in [1.807, 2.05) is 53.4 Å². The second-order valence-electron chi connectivity index (χ2n) is 18.7. The summed E-state index contributed by atoms with van der Waals surface area (Å²) < 4.78 is 1.04. The Morgan fingerprint density at radius 1 is 0.684 bits per heavy atom. The number of hydrogen-bond acceptors (Lipinski definition) is 14. The molecule has 0 saturated heterocycles. The quantitative estimate of drug-likeness (QED) is 0.0226. The van der Waals surface area contributed by atoms with E-state index in [2.05, 4.69) is 54.5 Å². The van der Waals surface area contributed by atoms with Gasteiger partial charge in [-0.1, -0.05) is 24.3 Å². The fourth-order valence-electron chi connectivity index (χ4n) is 8.64. The van der Waals surface area contributed by atoms with E-state index in [4.69, 9.17) is 40.3 Å². The standard InChI is InChI=1S/C49H74IN13O12S/c50-35-12-6-33(7-13-35)28-63(19-2-1-3-38(46(71)72)59-48(75)60-39(47(73)74)16-17-44(68)69)45(70)34-10-4-32(5-11-34)24-57-49(76)58-36-14-8-31(9-15-36)23-37(25-56-27-41(52)65)62(30-43(54)67)22-21-61(29-42(53)66)20-18-55-26-40(51)64/h6-9,12-15,32,34,37-39,55-56H,1-5,10-11,16-30H2,(H2,51,64)(H2,52,65)(H2,53,66)(H2,54,67)(H,68,69)(H,71,72)(H,73,74)(H2,57,58,76)(H2,59,60,75)/t32?,34?,37?,38-,39-/m1/s1. The first-order chi connectivity index (χ1) is 36.1. The smallest absolute Gasteiger partial charge is 0.326 e. The van der Waals surface area contributed by atoms with Gasteiger partial charge in [0.05, 0.1) is 26.2 Å². The van der Waals surface area contributed by atoms with E-state index in [0.717, 1.165) is 33.2 Å². The first-order valence-electron chi connectivity index (χ1n) is 25.0. The number of carbonyl (C=O) groups is 9. The number of rotatable bonds is 37. The van der Waals surface area contributed by atoms with E-state index in [1.54, 1.807) is 9.80 Å². The van der Waals surface area contributed by atoms with Crippen molar-refractivity contribution in [2.75, 3.05) is 77.3 Å². The molecule has 1 unspecified atom stereocenters. The van der Waals surface area contributed by atoms with Gasteiger partial charge in [-0.15, -0.1) is 0 Å². The van der Waals surface area contributed by atoms with Gasteiger partial charge in [-0.2, -0.15) is 0 Å². The lowest BCUT2D eigenvalue weighted by molar-refractivity contribution is -0.141. The first-order valence-corrected chi connectivity index (χ1v) is 26.5. The summed E-state index contributed by atoms with van der Waals surface area (Å²) in [5, 5.41) is 45.3. The topological polar surface area (TPSA) is 400 Å². The van der Waals surface area contributed by atoms with Crippen molar-refractivity contribution in [3.05, 3.63) is 63.2 Å². The average molecular weight is 1200 g/mol. The molecule has 1 aliphatic rings. The van der Waals surface area contributed by atoms with Gasteiger partial charge in [0, 0.05) is 80.0 Å². The number of benzene rings is 2. The molecule has 27 heteroatoms. The molecule has 0 spiro atoms. The number of anilines is 1. The van der Waals surface area contributed by atoms with Crippen molar-refractivity contribution >= 4 is 99.1 Å². The zero-order valence-corrected chi connectivity index (χ0v) is 45.5. The normalized spacial score (nSPS) is 15.4. The lowest BCUT2D eigenvalue weighted by Crippen LogP contribution is -2.51. The summed E-state index contributed by atoms with van der Waals surface area (Å²) in [5.74, 6) is -6.18. The van der Waals surface area contributed by atoms with Crippen LogP contribution < -0.4 is 54.8 Å². The first kappa shape index (κ1) is 64.0. The number of unbranched alkanes of at least 4 members (excludes halogenated alkanes) is 1. The predicted molar refractivity (Wildman–Crippen MR) is 294 cm³/mol. The highest BCUT2D eigenvalue weighted by Crippen LogP contribution is 2.30. The van der Waals surface area contributed by atoms with Crippen LogP contribution in [0.3, 0.4) is 0 Å². The summed E-state index contributed by atoms with van der Waals surface area (Å²) >= 11 is 7.86. The van der Waals surface area contributed by atoms with E-state index in [0.29, 0.717) is 83.0 Å². The molecule has 17 N–H and O–H groups in total. The number of carboxylic acids is 3. The SMILES string of the molecule is NC(=O)CNCCN(CCN(CC(N)=O)C(CNCC(N)=O)Cc1ccc(NC(=S)NCC2CCC(C(=O)N(CCCC[C@@H](NC(=O)N[C@H](CCC(=O)O)C(=O)O)C(=O)O)Cc3ccc(I)cc3)CC2)cc1)CC(N)=O. The second kappa shape index (κ2) is 34.4. The molecule has 2 aromatic rings. The number of carboxylic acid groups (broad SMARTS) is 3. The maximum atomic E-state index is 14.1. The molecule has 0 radical (unpaired) electrons. The summed E-state index contributed by atoms with van der Waals surface area (Å²) in [6, 6.07) is 11.1. The van der Waals surface area contributed by atoms with Gasteiger partial charge in [-0.25, -0.2) is 14.4 Å². The van der Waals surface area contributed by atoms with Crippen molar-refractivity contribution in [3.8, 4) is 0 Å². The van der Waals surface area contributed by atoms with Gasteiger partial charge in [0.2, 0.25) is 29.5 Å². The number of urea groups is 1. The van der Waals surface area contributed by atoms with Crippen LogP contribution in [0.4, 0.5) is 10.5 Å². The fourth-order valence-corrected chi connectivity index (χ4v) is 9.20. The van der Waals surface area contributed by atoms with E-state index < -0.39 is 66.1 Å². The number of primary amides is 4. The molecule has 0 aromatic heterocycles. The van der Waals surface area contributed by atoms with Crippen molar-refractivity contribution in [3.63, 3.8) is 0 Å². The van der Waals surface area contributed by atoms with Gasteiger partial charge in [-0.3, -0.25) is 38.6 Å². The third kappa shape index (κ3) is 26.5. The van der Waals surface area contributed by atoms with Crippen molar-refractivity contribution < 1.29 is 58.5 Å². The third-order valence-corrected chi connectivity index (χ3v) is 13.6. The summed E-state index contributed by atoms with van der Waals surface area (Å²) in [6.07, 6.45) is 3.21. The van der Waals surface area contributed by atoms with Crippen LogP contribution in [0.2, 0.25) is 0 Å². The maximum absolute atomic E-state index is 14.1. The molecule has 1 fully saturated rings. The number of carbonyl (C=O) groups excluding carboxylic acids is 6. The van der Waals surface area contributed by atoms with Crippen LogP contribution in [-0.4, -0.2) is 179 Å². The van der Waals surface area contributed by atoms with E-state index in [9.17, 15) is 53.4 Å². The maximum Gasteiger partial charge on any atom is 0.326 e. The Morgan fingerprint density at radius 2 is 1.28 bits per heavy atom. The Balaban J connectivity index is 1.56. The molecule has 0 bridgehead atoms. The van der Waals surface area contributed by atoms with Crippen molar-refractivity contribution in [2.45, 2.75) is 88.9 Å². The minimum Gasteiger partial charge on any atom is -0.481 e. The minimum atomic E-state index is -1.52. The predicted octanol–water partition coefficient (Wildman–Crippen LogP) is -0.711. The van der Waals surface area contributed by atoms with E-state index >= 15 is 0 Å².